The van der Waals surface area contributed by atoms with Crippen LogP contribution in [0.1, 0.15) is 40.0 Å². The predicted molar refractivity (Wildman–Crippen MR) is 100 cm³/mol. The maximum Gasteiger partial charge on any atom is 0.217 e. The Bertz CT molecular complexity index is 375. The number of likely N-dealkylation sites (tertiary alicyclic amines) is 1. The third-order valence-corrected chi connectivity index (χ3v) is 3.73. The highest BCUT2D eigenvalue weighted by Gasteiger charge is 2.24. The number of halogens is 1. The molecule has 0 aliphatic carbocycles. The van der Waals surface area contributed by atoms with Crippen molar-refractivity contribution < 1.29 is 9.90 Å². The number of nitrogens with one attached hydrogen (secondary N) is 1. The van der Waals surface area contributed by atoms with Crippen molar-refractivity contribution >= 4 is 35.8 Å². The number of primary amides is 1. The molecule has 1 amide bonds. The van der Waals surface area contributed by atoms with Crippen molar-refractivity contribution in [3.63, 3.8) is 0 Å². The average Bonchev–Trinajstić information content (AvgIpc) is 2.43. The normalized spacial score (nSPS) is 19.5. The number of carbonyl (C=O) groups excluding carboxylic acids is 1. The molecule has 7 heteroatoms. The van der Waals surface area contributed by atoms with E-state index in [9.17, 15) is 9.90 Å². The summed E-state index contributed by atoms with van der Waals surface area (Å²) in [6, 6.07) is 0. The molecule has 1 saturated heterocycles. The summed E-state index contributed by atoms with van der Waals surface area (Å²) in [4.78, 5) is 17.9. The molecule has 1 aliphatic rings. The number of nitrogens with two attached hydrogens (primary N) is 1. The molecule has 130 valence electrons. The van der Waals surface area contributed by atoms with Crippen LogP contribution in [-0.2, 0) is 4.79 Å². The minimum Gasteiger partial charge on any atom is -0.396 e. The zero-order valence-electron chi connectivity index (χ0n) is 14.0. The number of rotatable bonds is 6. The van der Waals surface area contributed by atoms with Gasteiger partial charge in [0.15, 0.2) is 5.96 Å². The largest absolute Gasteiger partial charge is 0.396 e. The first-order chi connectivity index (χ1) is 9.88. The second-order valence-electron chi connectivity index (χ2n) is 6.62. The molecule has 0 saturated carbocycles. The van der Waals surface area contributed by atoms with Gasteiger partial charge in [0.2, 0.25) is 5.91 Å². The van der Waals surface area contributed by atoms with Gasteiger partial charge in [0.25, 0.3) is 0 Å². The van der Waals surface area contributed by atoms with E-state index in [4.69, 9.17) is 5.73 Å². The van der Waals surface area contributed by atoms with Gasteiger partial charge >= 0.3 is 0 Å². The molecule has 6 nitrogen and oxygen atoms in total. The van der Waals surface area contributed by atoms with Gasteiger partial charge in [-0.05, 0) is 25.7 Å². The first-order valence-electron chi connectivity index (χ1n) is 7.80. The monoisotopic (exact) mass is 426 g/mol. The van der Waals surface area contributed by atoms with Gasteiger partial charge in [0, 0.05) is 38.1 Å². The quantitative estimate of drug-likeness (QED) is 0.338. The van der Waals surface area contributed by atoms with Crippen molar-refractivity contribution in [2.75, 3.05) is 32.8 Å². The fourth-order valence-electron chi connectivity index (χ4n) is 2.47. The number of aliphatic hydroxyl groups is 1. The lowest BCUT2D eigenvalue weighted by Gasteiger charge is -2.35. The van der Waals surface area contributed by atoms with Crippen LogP contribution >= 0.6 is 24.0 Å². The van der Waals surface area contributed by atoms with Crippen molar-refractivity contribution in [1.82, 2.24) is 10.2 Å². The highest BCUT2D eigenvalue weighted by molar-refractivity contribution is 14.0. The summed E-state index contributed by atoms with van der Waals surface area (Å²) in [5.41, 5.74) is 5.09. The Morgan fingerprint density at radius 2 is 2.18 bits per heavy atom. The van der Waals surface area contributed by atoms with Gasteiger partial charge in [0.05, 0.1) is 6.54 Å². The molecule has 1 rings (SSSR count). The predicted octanol–water partition coefficient (Wildman–Crippen LogP) is 1.18. The van der Waals surface area contributed by atoms with Crippen LogP contribution < -0.4 is 11.1 Å². The topological polar surface area (TPSA) is 91.0 Å². The molecule has 1 aliphatic heterocycles. The molecule has 4 N–H and O–H groups in total. The SMILES string of the molecule is CCNC(=NCC(C)(C)CO)N1CCCC(CC(N)=O)C1.I. The molecular weight excluding hydrogens is 395 g/mol. The molecular formula is C15H31IN4O2. The lowest BCUT2D eigenvalue weighted by Crippen LogP contribution is -2.47. The minimum atomic E-state index is -0.231. The molecule has 0 aromatic rings. The van der Waals surface area contributed by atoms with E-state index < -0.39 is 0 Å². The molecule has 0 aromatic carbocycles. The van der Waals surface area contributed by atoms with Crippen molar-refractivity contribution in [1.29, 1.82) is 0 Å². The van der Waals surface area contributed by atoms with Gasteiger partial charge < -0.3 is 21.1 Å². The second-order valence-corrected chi connectivity index (χ2v) is 6.62. The van der Waals surface area contributed by atoms with Crippen molar-refractivity contribution in [2.24, 2.45) is 22.1 Å². The van der Waals surface area contributed by atoms with Crippen LogP contribution in [-0.4, -0.2) is 54.7 Å². The van der Waals surface area contributed by atoms with Crippen molar-refractivity contribution in [3.05, 3.63) is 0 Å². The molecule has 1 atom stereocenters. The summed E-state index contributed by atoms with van der Waals surface area (Å²) in [5.74, 6) is 0.948. The number of guanidine groups is 1. The Hall–Kier alpha value is -0.570. The summed E-state index contributed by atoms with van der Waals surface area (Å²) in [6.45, 7) is 9.27. The van der Waals surface area contributed by atoms with E-state index in [2.05, 4.69) is 15.2 Å². The van der Waals surface area contributed by atoms with Gasteiger partial charge in [-0.3, -0.25) is 9.79 Å². The van der Waals surface area contributed by atoms with Gasteiger partial charge in [-0.1, -0.05) is 13.8 Å². The molecule has 0 bridgehead atoms. The molecule has 1 fully saturated rings. The van der Waals surface area contributed by atoms with E-state index in [1.807, 2.05) is 20.8 Å². The van der Waals surface area contributed by atoms with Gasteiger partial charge in [0.1, 0.15) is 0 Å². The van der Waals surface area contributed by atoms with Gasteiger partial charge in [-0.25, -0.2) is 0 Å². The number of hydrogen-bond donors (Lipinski definition) is 3. The standard InChI is InChI=1S/C15H30N4O2.HI/c1-4-17-14(18-10-15(2,3)11-20)19-7-5-6-12(9-19)8-13(16)21;/h12,20H,4-11H2,1-3H3,(H2,16,21)(H,17,18);1H. The van der Waals surface area contributed by atoms with Crippen LogP contribution in [0.3, 0.4) is 0 Å². The average molecular weight is 426 g/mol. The van der Waals surface area contributed by atoms with Crippen LogP contribution in [0.5, 0.6) is 0 Å². The Morgan fingerprint density at radius 1 is 1.50 bits per heavy atom. The first kappa shape index (κ1) is 21.4. The Labute approximate surface area is 150 Å². The lowest BCUT2D eigenvalue weighted by atomic mass is 9.94. The maximum atomic E-state index is 11.1. The highest BCUT2D eigenvalue weighted by Crippen LogP contribution is 2.20. The van der Waals surface area contributed by atoms with Crippen molar-refractivity contribution in [2.45, 2.75) is 40.0 Å². The van der Waals surface area contributed by atoms with Gasteiger partial charge in [-0.2, -0.15) is 0 Å². The van der Waals surface area contributed by atoms with Crippen LogP contribution in [0.25, 0.3) is 0 Å². The summed E-state index contributed by atoms with van der Waals surface area (Å²) in [7, 11) is 0. The zero-order valence-corrected chi connectivity index (χ0v) is 16.3. The van der Waals surface area contributed by atoms with Crippen LogP contribution in [0.2, 0.25) is 0 Å². The summed E-state index contributed by atoms with van der Waals surface area (Å²) in [5, 5.41) is 12.6. The van der Waals surface area contributed by atoms with E-state index in [1.54, 1.807) is 0 Å². The molecule has 0 radical (unpaired) electrons. The number of hydrogen-bond acceptors (Lipinski definition) is 3. The summed E-state index contributed by atoms with van der Waals surface area (Å²) < 4.78 is 0. The lowest BCUT2D eigenvalue weighted by molar-refractivity contribution is -0.119. The molecule has 0 aromatic heterocycles. The third kappa shape index (κ3) is 7.62. The smallest absolute Gasteiger partial charge is 0.217 e. The number of piperidine rings is 1. The Balaban J connectivity index is 0.00000441. The number of amides is 1. The van der Waals surface area contributed by atoms with Crippen LogP contribution in [0.15, 0.2) is 4.99 Å². The zero-order chi connectivity index (χ0) is 15.9. The van der Waals surface area contributed by atoms with Gasteiger partial charge in [-0.15, -0.1) is 24.0 Å². The highest BCUT2D eigenvalue weighted by atomic mass is 127. The van der Waals surface area contributed by atoms with E-state index in [1.165, 1.54) is 0 Å². The Kier molecular flexibility index (Phi) is 9.99. The fraction of sp³-hybridized carbons (Fsp3) is 0.867. The minimum absolute atomic E-state index is 0. The summed E-state index contributed by atoms with van der Waals surface area (Å²) in [6.07, 6.45) is 2.53. The van der Waals surface area contributed by atoms with E-state index >= 15 is 0 Å². The van der Waals surface area contributed by atoms with Crippen LogP contribution in [0.4, 0.5) is 0 Å². The van der Waals surface area contributed by atoms with E-state index in [0.29, 0.717) is 18.9 Å². The number of aliphatic hydroxyl groups excluding tert-OH is 1. The fourth-order valence-corrected chi connectivity index (χ4v) is 2.47. The van der Waals surface area contributed by atoms with E-state index in [0.717, 1.165) is 38.4 Å². The van der Waals surface area contributed by atoms with Crippen molar-refractivity contribution in [3.8, 4) is 0 Å². The molecule has 1 unspecified atom stereocenters. The maximum absolute atomic E-state index is 11.1. The number of aliphatic imine (C=N–C) groups is 1. The Morgan fingerprint density at radius 3 is 2.73 bits per heavy atom. The molecule has 0 spiro atoms. The molecule has 22 heavy (non-hydrogen) atoms. The summed E-state index contributed by atoms with van der Waals surface area (Å²) >= 11 is 0. The molecule has 1 heterocycles. The number of nitrogens with zero attached hydrogens (tertiary/aromatic N) is 2. The number of carbonyl (C=O) groups is 1. The van der Waals surface area contributed by atoms with E-state index in [-0.39, 0.29) is 41.9 Å². The third-order valence-electron chi connectivity index (χ3n) is 3.73. The van der Waals surface area contributed by atoms with Crippen LogP contribution in [0, 0.1) is 11.3 Å². The second kappa shape index (κ2) is 10.3. The first-order valence-corrected chi connectivity index (χ1v) is 7.80.